The SMILES string of the molecule is COc1ccc(C2=NC(C)(c3ccccc3)C(=O)O2)cc1. The fourth-order valence-corrected chi connectivity index (χ4v) is 2.26. The predicted molar refractivity (Wildman–Crippen MR) is 79.4 cm³/mol. The summed E-state index contributed by atoms with van der Waals surface area (Å²) in [5.41, 5.74) is 0.582. The van der Waals surface area contributed by atoms with Crippen molar-refractivity contribution in [1.29, 1.82) is 0 Å². The summed E-state index contributed by atoms with van der Waals surface area (Å²) < 4.78 is 10.5. The van der Waals surface area contributed by atoms with Gasteiger partial charge in [0.25, 0.3) is 0 Å². The number of hydrogen-bond acceptors (Lipinski definition) is 4. The quantitative estimate of drug-likeness (QED) is 0.813. The third kappa shape index (κ3) is 2.29. The second kappa shape index (κ2) is 5.05. The van der Waals surface area contributed by atoms with Crippen LogP contribution in [0.15, 0.2) is 59.6 Å². The first-order valence-electron chi connectivity index (χ1n) is 6.65. The molecule has 0 amide bonds. The number of rotatable bonds is 3. The van der Waals surface area contributed by atoms with E-state index in [4.69, 9.17) is 9.47 Å². The molecule has 106 valence electrons. The van der Waals surface area contributed by atoms with E-state index < -0.39 is 5.54 Å². The van der Waals surface area contributed by atoms with E-state index in [0.717, 1.165) is 16.9 Å². The van der Waals surface area contributed by atoms with Gasteiger partial charge in [-0.2, -0.15) is 0 Å². The largest absolute Gasteiger partial charge is 0.497 e. The molecule has 0 aromatic heterocycles. The summed E-state index contributed by atoms with van der Waals surface area (Å²) in [6.07, 6.45) is 0. The number of nitrogens with zero attached hydrogens (tertiary/aromatic N) is 1. The number of ether oxygens (including phenoxy) is 2. The van der Waals surface area contributed by atoms with Crippen molar-refractivity contribution < 1.29 is 14.3 Å². The molecule has 4 nitrogen and oxygen atoms in total. The molecule has 0 radical (unpaired) electrons. The van der Waals surface area contributed by atoms with Gasteiger partial charge in [0.15, 0.2) is 5.54 Å². The van der Waals surface area contributed by atoms with Crippen molar-refractivity contribution in [2.75, 3.05) is 7.11 Å². The minimum absolute atomic E-state index is 0.342. The van der Waals surface area contributed by atoms with Crippen LogP contribution in [0.2, 0.25) is 0 Å². The maximum Gasteiger partial charge on any atom is 0.345 e. The molecule has 4 heteroatoms. The topological polar surface area (TPSA) is 47.9 Å². The van der Waals surface area contributed by atoms with Crippen LogP contribution in [0.1, 0.15) is 18.1 Å². The Morgan fingerprint density at radius 2 is 1.71 bits per heavy atom. The van der Waals surface area contributed by atoms with Gasteiger partial charge >= 0.3 is 5.97 Å². The van der Waals surface area contributed by atoms with Gasteiger partial charge in [0.05, 0.1) is 7.11 Å². The van der Waals surface area contributed by atoms with E-state index in [1.807, 2.05) is 54.6 Å². The Bertz CT molecular complexity index is 692. The number of carbonyl (C=O) groups is 1. The Hall–Kier alpha value is -2.62. The lowest BCUT2D eigenvalue weighted by Crippen LogP contribution is -2.27. The zero-order valence-corrected chi connectivity index (χ0v) is 11.9. The first kappa shape index (κ1) is 13.4. The van der Waals surface area contributed by atoms with Gasteiger partial charge in [-0.05, 0) is 36.8 Å². The molecule has 3 rings (SSSR count). The zero-order chi connectivity index (χ0) is 14.9. The minimum Gasteiger partial charge on any atom is -0.497 e. The summed E-state index contributed by atoms with van der Waals surface area (Å²) in [4.78, 5) is 16.7. The molecule has 1 atom stereocenters. The highest BCUT2D eigenvalue weighted by Crippen LogP contribution is 2.33. The maximum absolute atomic E-state index is 12.2. The van der Waals surface area contributed by atoms with Crippen molar-refractivity contribution >= 4 is 11.9 Å². The van der Waals surface area contributed by atoms with Crippen LogP contribution in [0, 0.1) is 0 Å². The fourth-order valence-electron chi connectivity index (χ4n) is 2.26. The molecule has 0 N–H and O–H groups in total. The van der Waals surface area contributed by atoms with Gasteiger partial charge in [-0.25, -0.2) is 9.79 Å². The highest BCUT2D eigenvalue weighted by atomic mass is 16.6. The van der Waals surface area contributed by atoms with Crippen molar-refractivity contribution in [3.63, 3.8) is 0 Å². The lowest BCUT2D eigenvalue weighted by Gasteiger charge is -2.15. The monoisotopic (exact) mass is 281 g/mol. The Balaban J connectivity index is 1.98. The van der Waals surface area contributed by atoms with Crippen molar-refractivity contribution in [1.82, 2.24) is 0 Å². The van der Waals surface area contributed by atoms with Crippen molar-refractivity contribution in [2.24, 2.45) is 4.99 Å². The molecule has 2 aromatic rings. The molecule has 1 heterocycles. The Morgan fingerprint density at radius 3 is 2.33 bits per heavy atom. The number of hydrogen-bond donors (Lipinski definition) is 0. The number of methoxy groups -OCH3 is 1. The maximum atomic E-state index is 12.2. The highest BCUT2D eigenvalue weighted by molar-refractivity contribution is 6.08. The summed E-state index contributed by atoms with van der Waals surface area (Å²) in [6, 6.07) is 16.7. The van der Waals surface area contributed by atoms with Crippen LogP contribution in [0.5, 0.6) is 5.75 Å². The Morgan fingerprint density at radius 1 is 1.05 bits per heavy atom. The molecule has 21 heavy (non-hydrogen) atoms. The van der Waals surface area contributed by atoms with Crippen LogP contribution in [0.4, 0.5) is 0 Å². The second-order valence-corrected chi connectivity index (χ2v) is 4.97. The Labute approximate surface area is 123 Å². The van der Waals surface area contributed by atoms with E-state index in [0.29, 0.717) is 5.90 Å². The van der Waals surface area contributed by atoms with Gasteiger partial charge in [-0.1, -0.05) is 30.3 Å². The summed E-state index contributed by atoms with van der Waals surface area (Å²) >= 11 is 0. The summed E-state index contributed by atoms with van der Waals surface area (Å²) in [7, 11) is 1.61. The van der Waals surface area contributed by atoms with Crippen molar-refractivity contribution in [3.05, 3.63) is 65.7 Å². The van der Waals surface area contributed by atoms with Gasteiger partial charge in [0.2, 0.25) is 5.90 Å². The van der Waals surface area contributed by atoms with Gasteiger partial charge < -0.3 is 9.47 Å². The molecule has 1 aliphatic heterocycles. The number of cyclic esters (lactones) is 1. The van der Waals surface area contributed by atoms with E-state index in [-0.39, 0.29) is 5.97 Å². The lowest BCUT2D eigenvalue weighted by molar-refractivity contribution is -0.138. The smallest absolute Gasteiger partial charge is 0.345 e. The van der Waals surface area contributed by atoms with Gasteiger partial charge in [-0.15, -0.1) is 0 Å². The standard InChI is InChI=1S/C17H15NO3/c1-17(13-6-4-3-5-7-13)16(19)21-15(18-17)12-8-10-14(20-2)11-9-12/h3-11H,1-2H3. The molecule has 0 bridgehead atoms. The molecule has 0 spiro atoms. The zero-order valence-electron chi connectivity index (χ0n) is 11.9. The molecule has 0 saturated carbocycles. The third-order valence-electron chi connectivity index (χ3n) is 3.58. The van der Waals surface area contributed by atoms with Crippen LogP contribution in [0.3, 0.4) is 0 Å². The minimum atomic E-state index is -0.990. The van der Waals surface area contributed by atoms with E-state index in [2.05, 4.69) is 4.99 Å². The van der Waals surface area contributed by atoms with Crippen LogP contribution >= 0.6 is 0 Å². The number of benzene rings is 2. The van der Waals surface area contributed by atoms with Crippen LogP contribution in [-0.4, -0.2) is 19.0 Å². The van der Waals surface area contributed by atoms with Crippen molar-refractivity contribution in [3.8, 4) is 5.75 Å². The average Bonchev–Trinajstić information content (AvgIpc) is 2.85. The van der Waals surface area contributed by atoms with E-state index in [1.165, 1.54) is 0 Å². The fraction of sp³-hybridized carbons (Fsp3) is 0.176. The summed E-state index contributed by atoms with van der Waals surface area (Å²) in [5.74, 6) is 0.725. The third-order valence-corrected chi connectivity index (χ3v) is 3.58. The first-order chi connectivity index (χ1) is 10.1. The molecular weight excluding hydrogens is 266 g/mol. The lowest BCUT2D eigenvalue weighted by atomic mass is 9.93. The van der Waals surface area contributed by atoms with Gasteiger partial charge in [0.1, 0.15) is 5.75 Å². The van der Waals surface area contributed by atoms with E-state index in [9.17, 15) is 4.79 Å². The number of aliphatic imine (C=N–C) groups is 1. The highest BCUT2D eigenvalue weighted by Gasteiger charge is 2.43. The molecule has 0 saturated heterocycles. The van der Waals surface area contributed by atoms with Gasteiger partial charge in [0, 0.05) is 5.56 Å². The summed E-state index contributed by atoms with van der Waals surface area (Å²) in [5, 5.41) is 0. The van der Waals surface area contributed by atoms with Crippen LogP contribution in [-0.2, 0) is 15.1 Å². The normalized spacial score (nSPS) is 20.9. The van der Waals surface area contributed by atoms with Gasteiger partial charge in [-0.3, -0.25) is 0 Å². The second-order valence-electron chi connectivity index (χ2n) is 4.97. The number of carbonyl (C=O) groups excluding carboxylic acids is 1. The molecule has 1 aliphatic rings. The first-order valence-corrected chi connectivity index (χ1v) is 6.65. The predicted octanol–water partition coefficient (Wildman–Crippen LogP) is 2.91. The molecule has 0 aliphatic carbocycles. The van der Waals surface area contributed by atoms with Crippen molar-refractivity contribution in [2.45, 2.75) is 12.5 Å². The Kier molecular flexibility index (Phi) is 3.22. The average molecular weight is 281 g/mol. The molecule has 2 aromatic carbocycles. The van der Waals surface area contributed by atoms with Crippen LogP contribution in [0.25, 0.3) is 0 Å². The molecule has 1 unspecified atom stereocenters. The number of esters is 1. The molecular formula is C17H15NO3. The van der Waals surface area contributed by atoms with E-state index >= 15 is 0 Å². The van der Waals surface area contributed by atoms with Crippen LogP contribution < -0.4 is 4.74 Å². The van der Waals surface area contributed by atoms with E-state index in [1.54, 1.807) is 14.0 Å². The summed E-state index contributed by atoms with van der Waals surface area (Å²) in [6.45, 7) is 1.77. The molecule has 0 fully saturated rings.